The molecule has 0 aromatic rings. The third kappa shape index (κ3) is 70.3. The molecule has 0 aliphatic carbocycles. The minimum atomic E-state index is -4.96. The Balaban J connectivity index is 5.15. The molecule has 0 fully saturated rings. The van der Waals surface area contributed by atoms with Crippen LogP contribution in [-0.2, 0) is 65.4 Å². The first-order chi connectivity index (χ1) is 45.6. The number of rotatable bonds is 73. The predicted molar refractivity (Wildman–Crippen MR) is 386 cm³/mol. The Labute approximate surface area is 581 Å². The van der Waals surface area contributed by atoms with E-state index in [0.29, 0.717) is 37.5 Å². The third-order valence-corrected chi connectivity index (χ3v) is 19.5. The summed E-state index contributed by atoms with van der Waals surface area (Å²) in [5, 5.41) is 10.6. The van der Waals surface area contributed by atoms with Crippen molar-refractivity contribution in [1.29, 1.82) is 0 Å². The number of carbonyl (C=O) groups excluding carboxylic acids is 4. The largest absolute Gasteiger partial charge is 0.472 e. The molecule has 19 heteroatoms. The van der Waals surface area contributed by atoms with Gasteiger partial charge in [0.2, 0.25) is 0 Å². The summed E-state index contributed by atoms with van der Waals surface area (Å²) in [5.74, 6) is 0.856. The second-order valence-corrected chi connectivity index (χ2v) is 32.2. The quantitative estimate of drug-likeness (QED) is 0.0222. The van der Waals surface area contributed by atoms with Crippen LogP contribution >= 0.6 is 15.6 Å². The molecule has 0 radical (unpaired) electrons. The van der Waals surface area contributed by atoms with Gasteiger partial charge in [-0.2, -0.15) is 0 Å². The van der Waals surface area contributed by atoms with Crippen LogP contribution in [0.5, 0.6) is 0 Å². The minimum Gasteiger partial charge on any atom is -0.462 e. The van der Waals surface area contributed by atoms with Gasteiger partial charge < -0.3 is 33.8 Å². The summed E-state index contributed by atoms with van der Waals surface area (Å²) in [5.41, 5.74) is 0. The van der Waals surface area contributed by atoms with Gasteiger partial charge in [0.25, 0.3) is 0 Å². The maximum atomic E-state index is 13.0. The number of aliphatic hydroxyl groups excluding tert-OH is 1. The van der Waals surface area contributed by atoms with Gasteiger partial charge in [-0.15, -0.1) is 0 Å². The Bertz CT molecular complexity index is 1870. The summed E-state index contributed by atoms with van der Waals surface area (Å²) in [6.45, 7) is 14.1. The highest BCUT2D eigenvalue weighted by molar-refractivity contribution is 7.47. The first kappa shape index (κ1) is 93.1. The minimum absolute atomic E-state index is 0.102. The highest BCUT2D eigenvalue weighted by Gasteiger charge is 2.30. The van der Waals surface area contributed by atoms with Crippen molar-refractivity contribution in [3.63, 3.8) is 0 Å². The topological polar surface area (TPSA) is 237 Å². The monoisotopic (exact) mass is 1400 g/mol. The first-order valence-corrected chi connectivity index (χ1v) is 42.2. The lowest BCUT2D eigenvalue weighted by Crippen LogP contribution is -2.30. The molecule has 0 bridgehead atoms. The first-order valence-electron chi connectivity index (χ1n) is 39.2. The molecule has 3 unspecified atom stereocenters. The molecule has 0 saturated carbocycles. The fourth-order valence-corrected chi connectivity index (χ4v) is 13.1. The van der Waals surface area contributed by atoms with Crippen molar-refractivity contribution in [2.75, 3.05) is 39.6 Å². The van der Waals surface area contributed by atoms with E-state index in [4.69, 9.17) is 37.0 Å². The summed E-state index contributed by atoms with van der Waals surface area (Å²) >= 11 is 0. The van der Waals surface area contributed by atoms with Crippen molar-refractivity contribution < 1.29 is 80.2 Å². The van der Waals surface area contributed by atoms with E-state index in [1.165, 1.54) is 180 Å². The third-order valence-electron chi connectivity index (χ3n) is 17.6. The maximum absolute atomic E-state index is 13.0. The fraction of sp³-hybridized carbons (Fsp3) is 0.947. The van der Waals surface area contributed by atoms with E-state index in [0.717, 1.165) is 108 Å². The van der Waals surface area contributed by atoms with Gasteiger partial charge in [0.05, 0.1) is 26.4 Å². The maximum Gasteiger partial charge on any atom is 0.472 e. The van der Waals surface area contributed by atoms with E-state index in [2.05, 4.69) is 55.4 Å². The second kappa shape index (κ2) is 65.4. The fourth-order valence-electron chi connectivity index (χ4n) is 11.6. The van der Waals surface area contributed by atoms with Gasteiger partial charge in [0, 0.05) is 25.7 Å². The van der Waals surface area contributed by atoms with Crippen molar-refractivity contribution in [1.82, 2.24) is 0 Å². The van der Waals surface area contributed by atoms with Crippen molar-refractivity contribution in [2.45, 2.75) is 401 Å². The number of phosphoric acid groups is 2. The van der Waals surface area contributed by atoms with E-state index in [-0.39, 0.29) is 25.7 Å². The standard InChI is InChI=1S/C76H148O17P2/c1-66(2)52-44-36-28-23-19-15-11-9-10-12-17-21-25-31-40-48-56-73(78)86-63-72(93-76(81)59-51-43-35-34-39-47-55-69(7)8)65-91-95(84,85)89-61-70(77)60-88-94(82,83)90-64-71(62-87-74(79)57-49-41-33-27-30-38-46-54-68(5)6)92-75(80)58-50-42-32-26-22-18-14-13-16-20-24-29-37-45-53-67(3)4/h66-72,77H,9-65H2,1-8H3,(H,82,83)(H,84,85)/t70?,71-,72-/m1/s1. The lowest BCUT2D eigenvalue weighted by molar-refractivity contribution is -0.161. The molecule has 0 aromatic carbocycles. The van der Waals surface area contributed by atoms with Crippen LogP contribution in [0.3, 0.4) is 0 Å². The van der Waals surface area contributed by atoms with Gasteiger partial charge in [-0.05, 0) is 49.4 Å². The molecule has 5 atom stereocenters. The average Bonchev–Trinajstić information content (AvgIpc) is 1.85. The molecule has 0 heterocycles. The van der Waals surface area contributed by atoms with Crippen molar-refractivity contribution in [2.24, 2.45) is 23.7 Å². The van der Waals surface area contributed by atoms with Crippen LogP contribution in [0.15, 0.2) is 0 Å². The predicted octanol–water partition coefficient (Wildman–Crippen LogP) is 22.0. The number of hydrogen-bond donors (Lipinski definition) is 3. The smallest absolute Gasteiger partial charge is 0.462 e. The van der Waals surface area contributed by atoms with Gasteiger partial charge in [-0.25, -0.2) is 9.13 Å². The lowest BCUT2D eigenvalue weighted by Gasteiger charge is -2.21. The molecule has 564 valence electrons. The number of carbonyl (C=O) groups is 4. The molecular weight excluding hydrogens is 1250 g/mol. The van der Waals surface area contributed by atoms with Crippen LogP contribution in [0.2, 0.25) is 0 Å². The molecule has 0 rings (SSSR count). The summed E-state index contributed by atoms with van der Waals surface area (Å²) in [6, 6.07) is 0. The van der Waals surface area contributed by atoms with E-state index in [1.807, 2.05) is 0 Å². The van der Waals surface area contributed by atoms with E-state index < -0.39 is 97.5 Å². The molecule has 0 aromatic heterocycles. The number of unbranched alkanes of at least 4 members (excludes halogenated alkanes) is 39. The van der Waals surface area contributed by atoms with Crippen LogP contribution in [0.4, 0.5) is 0 Å². The molecule has 0 spiro atoms. The van der Waals surface area contributed by atoms with Crippen LogP contribution in [0.1, 0.15) is 383 Å². The van der Waals surface area contributed by atoms with Gasteiger partial charge in [0.15, 0.2) is 12.2 Å². The van der Waals surface area contributed by atoms with E-state index >= 15 is 0 Å². The van der Waals surface area contributed by atoms with E-state index in [9.17, 15) is 43.2 Å². The van der Waals surface area contributed by atoms with Crippen LogP contribution in [-0.4, -0.2) is 96.7 Å². The molecule has 0 aliphatic heterocycles. The zero-order chi connectivity index (χ0) is 70.3. The Morgan fingerprint density at radius 3 is 0.653 bits per heavy atom. The number of phosphoric ester groups is 2. The molecule has 0 saturated heterocycles. The van der Waals surface area contributed by atoms with Gasteiger partial charge in [-0.1, -0.05) is 331 Å². The van der Waals surface area contributed by atoms with E-state index in [1.54, 1.807) is 0 Å². The summed E-state index contributed by atoms with van der Waals surface area (Å²) in [7, 11) is -9.91. The van der Waals surface area contributed by atoms with Gasteiger partial charge in [0.1, 0.15) is 19.3 Å². The Kier molecular flexibility index (Phi) is 64.0. The van der Waals surface area contributed by atoms with Crippen LogP contribution in [0.25, 0.3) is 0 Å². The van der Waals surface area contributed by atoms with Gasteiger partial charge >= 0.3 is 39.5 Å². The Hall–Kier alpha value is -1.94. The molecule has 95 heavy (non-hydrogen) atoms. The number of ether oxygens (including phenoxy) is 4. The molecule has 3 N–H and O–H groups in total. The average molecular weight is 1400 g/mol. The summed E-state index contributed by atoms with van der Waals surface area (Å²) in [6.07, 6.45) is 50.3. The molecule has 0 amide bonds. The summed E-state index contributed by atoms with van der Waals surface area (Å²) in [4.78, 5) is 72.7. The SMILES string of the molecule is CC(C)CCCCCCCCCCCCCCCCCCC(=O)OC[C@H](COP(=O)(O)OCC(O)COP(=O)(O)OC[C@@H](COC(=O)CCCCCCCCCC(C)C)OC(=O)CCCCCCCCCCCCCCCCC(C)C)OC(=O)CCCCCCCCC(C)C. The van der Waals surface area contributed by atoms with Crippen LogP contribution < -0.4 is 0 Å². The lowest BCUT2D eigenvalue weighted by atomic mass is 10.0. The van der Waals surface area contributed by atoms with Crippen molar-refractivity contribution in [3.8, 4) is 0 Å². The van der Waals surface area contributed by atoms with Crippen molar-refractivity contribution >= 4 is 39.5 Å². The highest BCUT2D eigenvalue weighted by Crippen LogP contribution is 2.45. The van der Waals surface area contributed by atoms with Crippen molar-refractivity contribution in [3.05, 3.63) is 0 Å². The Morgan fingerprint density at radius 1 is 0.263 bits per heavy atom. The number of hydrogen-bond acceptors (Lipinski definition) is 15. The zero-order valence-electron chi connectivity index (χ0n) is 62.3. The molecular formula is C76H148O17P2. The number of esters is 4. The molecule has 17 nitrogen and oxygen atoms in total. The normalized spacial score (nSPS) is 14.1. The van der Waals surface area contributed by atoms with Gasteiger partial charge in [-0.3, -0.25) is 37.3 Å². The second-order valence-electron chi connectivity index (χ2n) is 29.3. The molecule has 0 aliphatic rings. The summed E-state index contributed by atoms with van der Waals surface area (Å²) < 4.78 is 68.4. The number of aliphatic hydroxyl groups is 1. The Morgan fingerprint density at radius 2 is 0.442 bits per heavy atom. The zero-order valence-corrected chi connectivity index (χ0v) is 64.1. The van der Waals surface area contributed by atoms with Crippen LogP contribution in [0, 0.1) is 23.7 Å². The highest BCUT2D eigenvalue weighted by atomic mass is 31.2.